The average Bonchev–Trinajstić information content (AvgIpc) is 0.988. The van der Waals surface area contributed by atoms with Crippen molar-refractivity contribution in [1.82, 2.24) is 64.2 Å². The predicted octanol–water partition coefficient (Wildman–Crippen LogP) is 14.9. The molecule has 12 heterocycles. The molecule has 6 atom stereocenters. The molecule has 3 aromatic heterocycles. The molecule has 17 rings (SSSR count). The molecule has 39 heteroatoms. The molecule has 0 spiro atoms. The third-order valence-corrected chi connectivity index (χ3v) is 28.0. The molecule has 0 aliphatic carbocycles. The quantitative estimate of drug-likeness (QED) is 0.0331. The van der Waals surface area contributed by atoms with Gasteiger partial charge in [0.1, 0.15) is 61.0 Å². The maximum Gasteiger partial charge on any atom is 0.421 e. The molecule has 742 valence electrons. The van der Waals surface area contributed by atoms with E-state index in [1.807, 2.05) is 61.5 Å². The Kier molecular flexibility index (Phi) is 39.8. The number of carbonyl (C=O) groups is 3. The van der Waals surface area contributed by atoms with Crippen molar-refractivity contribution >= 4 is 163 Å². The van der Waals surface area contributed by atoms with Crippen LogP contribution in [0.4, 0.5) is 52.1 Å². The molecule has 0 N–H and O–H groups in total. The van der Waals surface area contributed by atoms with E-state index in [2.05, 4.69) is 144 Å². The van der Waals surface area contributed by atoms with Gasteiger partial charge in [0.15, 0.2) is 5.83 Å². The van der Waals surface area contributed by atoms with Gasteiger partial charge in [-0.25, -0.2) is 24.1 Å². The summed E-state index contributed by atoms with van der Waals surface area (Å²) in [6, 6.07) is 31.0. The summed E-state index contributed by atoms with van der Waals surface area (Å²) in [7, 11) is 9.96. The van der Waals surface area contributed by atoms with Crippen LogP contribution in [0, 0.1) is 33.6 Å². The van der Waals surface area contributed by atoms with Crippen LogP contribution in [0.3, 0.4) is 0 Å². The number of hydrogen-bond acceptors (Lipinski definition) is 22. The first kappa shape index (κ1) is 110. The van der Waals surface area contributed by atoms with Gasteiger partial charge in [0, 0.05) is 159 Å². The van der Waals surface area contributed by atoms with Gasteiger partial charge in [-0.2, -0.15) is 97.1 Å². The minimum Gasteiger partial charge on any atom is -0.462 e. The number of aryl methyl sites for hydroxylation is 1. The topological polar surface area (TPSA) is 211 Å². The molecule has 0 saturated carbocycles. The molecule has 0 unspecified atom stereocenters. The third-order valence-electron chi connectivity index (χ3n) is 27.3. The second-order valence-corrected chi connectivity index (χ2v) is 37.0. The number of piperazine rings is 3. The largest absolute Gasteiger partial charge is 0.462 e. The Morgan fingerprint density at radius 2 is 0.848 bits per heavy atom. The number of nitrogens with zero attached hydrogens (tertiary/aromatic N) is 22. The van der Waals surface area contributed by atoms with E-state index in [0.717, 1.165) is 154 Å². The highest BCUT2D eigenvalue weighted by Crippen LogP contribution is 2.43. The first-order valence-corrected chi connectivity index (χ1v) is 46.9. The molecule has 0 radical (unpaired) electrons. The molecule has 3 amide bonds. The Hall–Kier alpha value is -10.0. The third kappa shape index (κ3) is 25.5. The zero-order chi connectivity index (χ0) is 93.9. The lowest BCUT2D eigenvalue weighted by Gasteiger charge is -2.41. The SMILES string of the molecule is C.S.S.S.S.[C-]#[N+]C[C@H]1CN(c2nc(OC[C@@H]3CCCN3C)nc3c2CCN(c2cccc(C)c2C)C3)CCN1C(=O)/C=C\Cl.[C-]#[N+]C[C@H]1CN(c2nc(OC[C@@H]3CCCN3C)nc3c2CCN(c2cccc4cccc(Cl)c24)C3)CCN1C(=O)/C(F)=C\CN(C)C.[C-]#[N+]C[C@H]1CN(c2nc(OC[C@@H]3CCCN3C)nc3c2CCN(c2cccc4cccc(Cl)c24)C3)CCN1C(=O)C(=C)C(F)(F)F. The molecule has 28 nitrogen and oxygen atoms in total. The lowest BCUT2D eigenvalue weighted by molar-refractivity contribution is -0.141. The zero-order valence-electron chi connectivity index (χ0n) is 78.5. The number of anilines is 6. The van der Waals surface area contributed by atoms with Gasteiger partial charge < -0.3 is 92.4 Å². The minimum absolute atomic E-state index is 0. The molecule has 5 aromatic carbocycles. The van der Waals surface area contributed by atoms with Gasteiger partial charge in [-0.1, -0.05) is 109 Å². The van der Waals surface area contributed by atoms with Gasteiger partial charge in [0.05, 0.1) is 46.8 Å². The maximum atomic E-state index is 14.9. The zero-order valence-corrected chi connectivity index (χ0v) is 84.8. The summed E-state index contributed by atoms with van der Waals surface area (Å²) in [6.07, 6.45) is 6.53. The minimum atomic E-state index is -4.84. The molecule has 0 bridgehead atoms. The molecular weight excluding hydrogens is 1900 g/mol. The van der Waals surface area contributed by atoms with E-state index < -0.39 is 41.5 Å². The molecule has 9 aliphatic rings. The summed E-state index contributed by atoms with van der Waals surface area (Å²) in [5, 5.41) is 5.48. The first-order valence-electron chi connectivity index (χ1n) is 45.7. The second-order valence-electron chi connectivity index (χ2n) is 35.9. The van der Waals surface area contributed by atoms with Crippen molar-refractivity contribution in [3.05, 3.63) is 216 Å². The van der Waals surface area contributed by atoms with E-state index >= 15 is 0 Å². The van der Waals surface area contributed by atoms with E-state index in [0.29, 0.717) is 138 Å². The number of likely N-dealkylation sites (tertiary alicyclic amines) is 3. The van der Waals surface area contributed by atoms with E-state index in [-0.39, 0.29) is 131 Å². The monoisotopic (exact) mass is 2030 g/mol. The van der Waals surface area contributed by atoms with Crippen molar-refractivity contribution in [3.8, 4) is 18.0 Å². The summed E-state index contributed by atoms with van der Waals surface area (Å²) in [4.78, 5) is 105. The van der Waals surface area contributed by atoms with Crippen LogP contribution in [0.5, 0.6) is 18.0 Å². The number of rotatable bonds is 23. The smallest absolute Gasteiger partial charge is 0.421 e. The Labute approximate surface area is 850 Å². The summed E-state index contributed by atoms with van der Waals surface area (Å²) in [5.41, 5.74) is 11.4. The van der Waals surface area contributed by atoms with E-state index in [4.69, 9.17) is 98.6 Å². The second kappa shape index (κ2) is 49.9. The van der Waals surface area contributed by atoms with E-state index in [1.165, 1.54) is 45.8 Å². The van der Waals surface area contributed by atoms with Crippen LogP contribution in [0.15, 0.2) is 127 Å². The van der Waals surface area contributed by atoms with Gasteiger partial charge in [0.2, 0.25) is 25.5 Å². The van der Waals surface area contributed by atoms with Gasteiger partial charge in [0.25, 0.3) is 11.8 Å². The number of carbonyl (C=O) groups excluding carboxylic acids is 3. The number of hydrogen-bond donors (Lipinski definition) is 0. The molecule has 9 aliphatic heterocycles. The highest BCUT2D eigenvalue weighted by atomic mass is 35.5. The average molecular weight is 2030 g/mol. The summed E-state index contributed by atoms with van der Waals surface area (Å²) in [5.74, 6) is -0.545. The Bertz CT molecular complexity index is 5810. The van der Waals surface area contributed by atoms with Crippen LogP contribution in [0.2, 0.25) is 10.0 Å². The molecule has 6 fully saturated rings. The van der Waals surface area contributed by atoms with Crippen molar-refractivity contribution in [2.75, 3.05) is 209 Å². The van der Waals surface area contributed by atoms with E-state index in [9.17, 15) is 31.9 Å². The summed E-state index contributed by atoms with van der Waals surface area (Å²) in [6.45, 7) is 42.0. The predicted molar refractivity (Wildman–Crippen MR) is 561 cm³/mol. The highest BCUT2D eigenvalue weighted by molar-refractivity contribution is 7.59. The number of fused-ring (bicyclic) bond motifs is 5. The molecular formula is C99H127Cl3F4N22O6S4. The van der Waals surface area contributed by atoms with Gasteiger partial charge in [-0.3, -0.25) is 14.4 Å². The van der Waals surface area contributed by atoms with E-state index in [1.54, 1.807) is 9.80 Å². The van der Waals surface area contributed by atoms with Crippen molar-refractivity contribution in [2.24, 2.45) is 0 Å². The molecule has 8 aromatic rings. The fraction of sp³-hybridized carbons (Fsp3) is 0.495. The number of ether oxygens (including phenoxy) is 3. The number of alkyl halides is 3. The molecule has 6 saturated heterocycles. The number of benzene rings is 5. The van der Waals surface area contributed by atoms with Crippen LogP contribution in [0.1, 0.15) is 90.9 Å². The Morgan fingerprint density at radius 3 is 1.21 bits per heavy atom. The highest BCUT2D eigenvalue weighted by Gasteiger charge is 2.45. The fourth-order valence-electron chi connectivity index (χ4n) is 19.7. The van der Waals surface area contributed by atoms with Gasteiger partial charge in [-0.15, -0.1) is 0 Å². The number of likely N-dealkylation sites (N-methyl/N-ethyl adjacent to an activating group) is 4. The number of halogens is 7. The fourth-order valence-corrected chi connectivity index (χ4v) is 20.3. The van der Waals surface area contributed by atoms with Crippen molar-refractivity contribution in [1.29, 1.82) is 0 Å². The maximum absolute atomic E-state index is 14.9. The first-order chi connectivity index (χ1) is 64.2. The number of amides is 3. The van der Waals surface area contributed by atoms with Gasteiger partial charge in [-0.05, 0) is 185 Å². The Balaban J connectivity index is 0.000000210. The van der Waals surface area contributed by atoms with Crippen LogP contribution in [-0.2, 0) is 53.3 Å². The van der Waals surface area contributed by atoms with Crippen LogP contribution >= 0.6 is 88.8 Å². The van der Waals surface area contributed by atoms with Crippen molar-refractivity contribution < 1.29 is 46.2 Å². The standard InChI is InChI=1S/C35H42ClFN8O2.C33H35ClF3N7O2.C30H38ClN7O2.CH4.4H2S/c1-38-20-26-21-44(18-19-45(26)34(46)29(37)14-16-41(2)3)33-27-13-17-43(31-12-6-9-24-8-5-11-28(36)32(24)31)22-30(27)39-35(40-33)47-23-25-10-7-15-42(25)4;1-21(33(35,36)37)31(45)44-16-15-43(18-24(44)17-38-2)30-25-12-14-42(28-11-5-8-22-7-4-10-26(34)29(22)28)19-27(25)39-32(40-30)46-20-23-9-6-13-41(23)3;1-21-7-5-9-27(22(21)2)36-14-11-25-26(19-36)33-30(40-20-23-8-6-13-35(23)4)34-29(25)37-15-16-38(28(39)10-12-31)24(18-37)17-32-3;;;;;/h5-6,8-9,11-12,14,25-26H,7,10,13,15-23H2,2-4H3;4-5,7-8,10-11,23-24H,1,6,9,12-20H2,3H3;5,7,9-10,12,23-24H,6,8,11,13-20H2,1-2,4H3;1H4;4*1H2/b29-14+;;12-10-;;;;;/t25-,26-;2*23-,24-;;;;;/m000...../s1. The lowest BCUT2D eigenvalue weighted by Crippen LogP contribution is -2.57. The van der Waals surface area contributed by atoms with Crippen molar-refractivity contribution in [2.45, 2.75) is 141 Å². The van der Waals surface area contributed by atoms with Gasteiger partial charge >= 0.3 is 24.2 Å². The van der Waals surface area contributed by atoms with Crippen LogP contribution in [0.25, 0.3) is 36.1 Å². The Morgan fingerprint density at radius 1 is 0.493 bits per heavy atom. The normalized spacial score (nSPS) is 20.1. The summed E-state index contributed by atoms with van der Waals surface area (Å²) >= 11 is 19.1. The lowest BCUT2D eigenvalue weighted by atomic mass is 10.0. The van der Waals surface area contributed by atoms with Crippen LogP contribution < -0.4 is 43.6 Å². The number of aromatic nitrogens is 6. The summed E-state index contributed by atoms with van der Waals surface area (Å²) < 4.78 is 73.7. The van der Waals surface area contributed by atoms with Crippen LogP contribution in [-0.4, -0.2) is 304 Å². The molecule has 138 heavy (non-hydrogen) atoms. The van der Waals surface area contributed by atoms with Crippen molar-refractivity contribution in [3.63, 3.8) is 0 Å².